The molecule has 9 nitrogen and oxygen atoms in total. The summed E-state index contributed by atoms with van der Waals surface area (Å²) in [5.74, 6) is 1.74. The normalized spacial score (nSPS) is 14.6. The summed E-state index contributed by atoms with van der Waals surface area (Å²) >= 11 is 4.75. The molecule has 1 aliphatic rings. The zero-order valence-corrected chi connectivity index (χ0v) is 26.0. The Morgan fingerprint density at radius 1 is 0.976 bits per heavy atom. The molecule has 0 aliphatic carbocycles. The third-order valence-electron chi connectivity index (χ3n) is 6.79. The van der Waals surface area contributed by atoms with Crippen molar-refractivity contribution in [2.45, 2.75) is 13.0 Å². The minimum Gasteiger partial charge on any atom is -0.497 e. The van der Waals surface area contributed by atoms with Crippen LogP contribution in [0.1, 0.15) is 24.1 Å². The van der Waals surface area contributed by atoms with E-state index in [9.17, 15) is 9.59 Å². The number of carbonyl (C=O) groups excluding carboxylic acids is 1. The van der Waals surface area contributed by atoms with Gasteiger partial charge in [-0.25, -0.2) is 4.99 Å². The molecule has 0 radical (unpaired) electrons. The van der Waals surface area contributed by atoms with Gasteiger partial charge in [-0.1, -0.05) is 29.5 Å². The van der Waals surface area contributed by atoms with E-state index < -0.39 is 6.04 Å². The zero-order chi connectivity index (χ0) is 30.0. The number of methoxy groups -OCH3 is 4. The summed E-state index contributed by atoms with van der Waals surface area (Å²) in [6, 6.07) is 17.3. The van der Waals surface area contributed by atoms with Gasteiger partial charge in [-0.05, 0) is 70.9 Å². The highest BCUT2D eigenvalue weighted by Crippen LogP contribution is 2.38. The Balaban J connectivity index is 1.72. The lowest BCUT2D eigenvalue weighted by molar-refractivity contribution is -0.113. The highest BCUT2D eigenvalue weighted by molar-refractivity contribution is 9.10. The molecule has 0 saturated heterocycles. The second-order valence-electron chi connectivity index (χ2n) is 9.25. The molecular weight excluding hydrogens is 622 g/mol. The van der Waals surface area contributed by atoms with Crippen LogP contribution in [0.15, 0.2) is 86.2 Å². The molecule has 3 aromatic carbocycles. The van der Waals surface area contributed by atoms with Crippen molar-refractivity contribution in [3.63, 3.8) is 0 Å². The summed E-state index contributed by atoms with van der Waals surface area (Å²) < 4.78 is 24.7. The number of hydrogen-bond donors (Lipinski definition) is 1. The molecule has 1 aromatic heterocycles. The van der Waals surface area contributed by atoms with E-state index in [1.807, 2.05) is 24.3 Å². The molecule has 0 spiro atoms. The Morgan fingerprint density at radius 2 is 1.71 bits per heavy atom. The zero-order valence-electron chi connectivity index (χ0n) is 23.6. The lowest BCUT2D eigenvalue weighted by Crippen LogP contribution is -2.40. The minimum atomic E-state index is -0.815. The smallest absolute Gasteiger partial charge is 0.271 e. The first kappa shape index (κ1) is 29.2. The Labute approximate surface area is 254 Å². The molecule has 11 heteroatoms. The van der Waals surface area contributed by atoms with Crippen molar-refractivity contribution in [3.05, 3.63) is 107 Å². The number of ether oxygens (including phenoxy) is 4. The predicted molar refractivity (Wildman–Crippen MR) is 166 cm³/mol. The summed E-state index contributed by atoms with van der Waals surface area (Å²) in [6.07, 6.45) is 1.77. The van der Waals surface area contributed by atoms with E-state index in [2.05, 4.69) is 21.2 Å². The van der Waals surface area contributed by atoms with Crippen molar-refractivity contribution in [3.8, 4) is 23.0 Å². The number of amides is 1. The monoisotopic (exact) mass is 649 g/mol. The Morgan fingerprint density at radius 3 is 2.38 bits per heavy atom. The molecule has 1 amide bonds. The van der Waals surface area contributed by atoms with Gasteiger partial charge in [0.1, 0.15) is 17.5 Å². The maximum Gasteiger partial charge on any atom is 0.271 e. The summed E-state index contributed by atoms with van der Waals surface area (Å²) in [5, 5.41) is 2.96. The number of rotatable bonds is 8. The lowest BCUT2D eigenvalue weighted by atomic mass is 9.94. The fourth-order valence-corrected chi connectivity index (χ4v) is 6.51. The molecule has 0 saturated carbocycles. The molecule has 0 bridgehead atoms. The van der Waals surface area contributed by atoms with Crippen LogP contribution in [0, 0.1) is 0 Å². The second kappa shape index (κ2) is 12.3. The van der Waals surface area contributed by atoms with E-state index in [4.69, 9.17) is 23.9 Å². The van der Waals surface area contributed by atoms with Crippen molar-refractivity contribution in [2.24, 2.45) is 4.99 Å². The van der Waals surface area contributed by atoms with Crippen LogP contribution < -0.4 is 39.2 Å². The Hall–Kier alpha value is -4.35. The van der Waals surface area contributed by atoms with Crippen LogP contribution in [0.25, 0.3) is 6.08 Å². The molecule has 1 N–H and O–H groups in total. The Bertz CT molecular complexity index is 1880. The summed E-state index contributed by atoms with van der Waals surface area (Å²) in [7, 11) is 6.21. The first-order valence-electron chi connectivity index (χ1n) is 12.8. The van der Waals surface area contributed by atoms with Gasteiger partial charge in [0.15, 0.2) is 16.3 Å². The van der Waals surface area contributed by atoms with Crippen LogP contribution in [0.2, 0.25) is 0 Å². The number of hydrogen-bond acceptors (Lipinski definition) is 8. The second-order valence-corrected chi connectivity index (χ2v) is 11.1. The molecular formula is C31H28BrN3O6S. The Kier molecular flexibility index (Phi) is 8.51. The number of fused-ring (bicyclic) bond motifs is 1. The number of para-hydroxylation sites is 1. The lowest BCUT2D eigenvalue weighted by Gasteiger charge is -2.26. The molecule has 4 aromatic rings. The van der Waals surface area contributed by atoms with Crippen LogP contribution in [0.3, 0.4) is 0 Å². The van der Waals surface area contributed by atoms with Gasteiger partial charge < -0.3 is 24.3 Å². The molecule has 2 heterocycles. The molecule has 1 atom stereocenters. The van der Waals surface area contributed by atoms with Crippen molar-refractivity contribution in [1.29, 1.82) is 0 Å². The van der Waals surface area contributed by atoms with Crippen molar-refractivity contribution in [2.75, 3.05) is 33.8 Å². The topological polar surface area (TPSA) is 100 Å². The number of aromatic nitrogens is 1. The molecule has 0 fully saturated rings. The maximum absolute atomic E-state index is 14.1. The van der Waals surface area contributed by atoms with Crippen LogP contribution >= 0.6 is 27.3 Å². The third kappa shape index (κ3) is 5.45. The van der Waals surface area contributed by atoms with Gasteiger partial charge in [0, 0.05) is 17.3 Å². The fourth-order valence-electron chi connectivity index (χ4n) is 4.84. The number of nitrogens with one attached hydrogen (secondary N) is 1. The molecule has 5 rings (SSSR count). The van der Waals surface area contributed by atoms with Gasteiger partial charge in [-0.15, -0.1) is 0 Å². The van der Waals surface area contributed by atoms with E-state index in [0.29, 0.717) is 59.3 Å². The fraction of sp³-hybridized carbons (Fsp3) is 0.194. The number of nitrogens with zero attached hydrogens (tertiary/aromatic N) is 2. The number of carbonyl (C=O) groups is 1. The summed E-state index contributed by atoms with van der Waals surface area (Å²) in [4.78, 5) is 33.1. The molecule has 0 unspecified atom stereocenters. The van der Waals surface area contributed by atoms with Gasteiger partial charge in [0.05, 0.1) is 48.7 Å². The number of anilines is 1. The van der Waals surface area contributed by atoms with Gasteiger partial charge in [0.2, 0.25) is 0 Å². The predicted octanol–water partition coefficient (Wildman–Crippen LogP) is 4.67. The van der Waals surface area contributed by atoms with Crippen LogP contribution in [0.4, 0.5) is 5.69 Å². The van der Waals surface area contributed by atoms with Crippen LogP contribution in [-0.4, -0.2) is 38.9 Å². The summed E-state index contributed by atoms with van der Waals surface area (Å²) in [5.41, 5.74) is 2.49. The highest BCUT2D eigenvalue weighted by Gasteiger charge is 2.34. The van der Waals surface area contributed by atoms with Crippen molar-refractivity contribution < 1.29 is 23.7 Å². The quantitative estimate of drug-likeness (QED) is 0.298. The standard InChI is InChI=1S/C31H28BrN3O6S/c1-17-26(29(36)34-19-9-7-6-8-10-19)27(21-12-11-20(38-2)16-23(21)39-3)35-30(37)25(42-31(35)33-17)15-18-13-22(32)28(41-5)24(14-18)40-4/h6-16,27H,1-5H3,(H,34,36)/b25-15-/t27-/m1/s1. The van der Waals surface area contributed by atoms with Gasteiger partial charge in [-0.3, -0.25) is 14.2 Å². The minimum absolute atomic E-state index is 0.301. The van der Waals surface area contributed by atoms with Crippen molar-refractivity contribution >= 4 is 44.9 Å². The van der Waals surface area contributed by atoms with E-state index >= 15 is 0 Å². The highest BCUT2D eigenvalue weighted by atomic mass is 79.9. The first-order chi connectivity index (χ1) is 20.3. The average Bonchev–Trinajstić information content (AvgIpc) is 3.29. The number of halogens is 1. The van der Waals surface area contributed by atoms with Crippen LogP contribution in [0.5, 0.6) is 23.0 Å². The van der Waals surface area contributed by atoms with Gasteiger partial charge >= 0.3 is 0 Å². The van der Waals surface area contributed by atoms with E-state index in [1.165, 1.54) is 18.4 Å². The van der Waals surface area contributed by atoms with E-state index in [-0.39, 0.29) is 11.5 Å². The van der Waals surface area contributed by atoms with E-state index in [0.717, 1.165) is 5.56 Å². The summed E-state index contributed by atoms with van der Waals surface area (Å²) in [6.45, 7) is 1.77. The molecule has 42 heavy (non-hydrogen) atoms. The third-order valence-corrected chi connectivity index (χ3v) is 8.36. The molecule has 216 valence electrons. The average molecular weight is 651 g/mol. The van der Waals surface area contributed by atoms with E-state index in [1.54, 1.807) is 75.3 Å². The maximum atomic E-state index is 14.1. The number of benzene rings is 3. The SMILES string of the molecule is COc1ccc([C@@H]2C(C(=O)Nc3ccccc3)=C(C)N=c3s/c(=C\c4cc(Br)c(OC)c(OC)c4)c(=O)n32)c(OC)c1. The number of allylic oxidation sites excluding steroid dienone is 1. The van der Waals surface area contributed by atoms with Gasteiger partial charge in [-0.2, -0.15) is 0 Å². The van der Waals surface area contributed by atoms with Gasteiger partial charge in [0.25, 0.3) is 11.5 Å². The number of thiazole rings is 1. The largest absolute Gasteiger partial charge is 0.497 e. The first-order valence-corrected chi connectivity index (χ1v) is 14.4. The van der Waals surface area contributed by atoms with Crippen LogP contribution in [-0.2, 0) is 4.79 Å². The molecule has 1 aliphatic heterocycles. The van der Waals surface area contributed by atoms with Crippen molar-refractivity contribution in [1.82, 2.24) is 4.57 Å².